The number of hydrogen-bond donors (Lipinski definition) is 0. The van der Waals surface area contributed by atoms with Gasteiger partial charge in [0, 0.05) is 170 Å². The highest BCUT2D eigenvalue weighted by Crippen LogP contribution is 2.39. The molecule has 17 heteroatoms. The number of benzene rings is 12. The maximum absolute atomic E-state index is 13.3. The number of hydrogen-bond acceptors (Lipinski definition) is 4. The molecule has 12 aromatic carbocycles. The van der Waals surface area contributed by atoms with Crippen LogP contribution in [0.5, 0.6) is 23.0 Å². The van der Waals surface area contributed by atoms with Crippen molar-refractivity contribution in [3.63, 3.8) is 0 Å². The van der Waals surface area contributed by atoms with E-state index in [4.69, 9.17) is 18.9 Å². The van der Waals surface area contributed by atoms with E-state index in [0.717, 1.165) is 92.8 Å². The third kappa shape index (κ3) is 24.6. The third-order valence-electron chi connectivity index (χ3n) is 26.0. The Morgan fingerprint density at radius 1 is 0.268 bits per heavy atom. The van der Waals surface area contributed by atoms with E-state index in [1.54, 1.807) is 0 Å². The first-order valence-electron chi connectivity index (χ1n) is 48.1. The van der Waals surface area contributed by atoms with Crippen LogP contribution in [0.25, 0.3) is 87.2 Å². The Morgan fingerprint density at radius 3 is 0.870 bits per heavy atom. The summed E-state index contributed by atoms with van der Waals surface area (Å²) < 4.78 is 57.3. The highest BCUT2D eigenvalue weighted by Gasteiger charge is 2.27. The zero-order valence-corrected chi connectivity index (χ0v) is 87.0. The van der Waals surface area contributed by atoms with Crippen LogP contribution in [0.15, 0.2) is 358 Å². The SMILES string of the molecule is CCCCCC[n+]1ccc2c3ccc(OCc4ccccc4)cc3n(Cc3ccccc3)c2c1C.CCC[n+]1ccc2c3ccc(OCc4ccccc4)cc3n(Cc3ccccc3)c2c1C.CCCn1c2cc(OCc3ccccc3)ccc2c2cc[n+](Cc3ccc(F)cc3)c(C)c21.Cc1c2c(cc[n+]1CCC(C)C)c1ccc(OCc3ccccc3)cc1n2Cc1ccccc1.[Br-].[Br-].[Br-].[Br-]. The molecule has 0 aliphatic carbocycles. The fraction of sp³-hybridized carbons (Fsp3) is 0.240. The standard InChI is InChI=1S/C32H35N2O.C31H33N2O.C29H28FN2O.C29H29N2O.4BrH/c1-3-4-5-12-20-33-21-19-30-29-18-17-28(35-24-27-15-10-7-11-16-27)22-31(29)34(32(30)25(33)2)23-26-13-8-6-9-14-26;1-23(2)16-18-32-19-17-29-28-15-14-27(34-22-26-12-8-5-9-13-26)20-30(28)33(31(29)24(32)3)21-25-10-6-4-7-11-25;1-3-16-32-28-18-25(33-20-23-7-5-4-6-8-23)13-14-26(28)27-15-17-31(21(2)29(27)32)19-22-9-11-24(30)12-10-22;1-3-17-30-18-16-27-26-15-14-25(32-21-24-12-8-5-9-13-24)19-28(26)31(29(27)22(30)2)20-23-10-6-4-7-11-23;;;;/h6-11,13-19,21-22H,3-5,12,20,23-24H2,1-2H3;4-15,17,19-20,23H,16,18,21-22H2,1-3H3;4-15,17-18H,3,16,19-20H2,1-2H3;4-16,18-19H,3,17,20-21H2,1-2H3;4*1H/q4*+1;;;;/p-4. The number of aryl methyl sites for hydroxylation is 8. The van der Waals surface area contributed by atoms with Gasteiger partial charge in [0.15, 0.2) is 31.3 Å². The van der Waals surface area contributed by atoms with Crippen LogP contribution in [0.1, 0.15) is 147 Å². The van der Waals surface area contributed by atoms with Crippen molar-refractivity contribution >= 4 is 87.2 Å². The molecule has 20 aromatic rings. The van der Waals surface area contributed by atoms with Crippen LogP contribution in [0.2, 0.25) is 0 Å². The van der Waals surface area contributed by atoms with E-state index in [9.17, 15) is 4.39 Å². The highest BCUT2D eigenvalue weighted by atomic mass is 79.9. The minimum Gasteiger partial charge on any atom is -1.00 e. The van der Waals surface area contributed by atoms with Crippen molar-refractivity contribution in [1.29, 1.82) is 0 Å². The molecule has 0 fully saturated rings. The molecule has 0 saturated heterocycles. The maximum Gasteiger partial charge on any atom is 0.203 e. The molecule has 0 amide bonds. The molecule has 20 rings (SSSR count). The molecular formula is C121H125Br4FN8O4. The predicted octanol–water partition coefficient (Wildman–Crippen LogP) is 15.7. The van der Waals surface area contributed by atoms with Gasteiger partial charge in [-0.15, -0.1) is 0 Å². The average molecular weight is 2090 g/mol. The van der Waals surface area contributed by atoms with Gasteiger partial charge in [-0.3, -0.25) is 0 Å². The Morgan fingerprint density at radius 2 is 0.558 bits per heavy atom. The van der Waals surface area contributed by atoms with Crippen LogP contribution in [-0.4, -0.2) is 18.3 Å². The number of aromatic nitrogens is 8. The van der Waals surface area contributed by atoms with Gasteiger partial charge in [-0.2, -0.15) is 4.57 Å². The van der Waals surface area contributed by atoms with Crippen LogP contribution in [0.3, 0.4) is 0 Å². The molecule has 0 bridgehead atoms. The van der Waals surface area contributed by atoms with Gasteiger partial charge in [0.1, 0.15) is 96.9 Å². The number of ether oxygens (including phenoxy) is 4. The van der Waals surface area contributed by atoms with E-state index in [2.05, 4.69) is 384 Å². The molecule has 0 aliphatic heterocycles. The summed E-state index contributed by atoms with van der Waals surface area (Å²) in [4.78, 5) is 0. The Labute approximate surface area is 854 Å². The van der Waals surface area contributed by atoms with Gasteiger partial charge < -0.3 is 105 Å². The normalized spacial score (nSPS) is 11.1. The lowest BCUT2D eigenvalue weighted by molar-refractivity contribution is -0.702. The fourth-order valence-corrected chi connectivity index (χ4v) is 18.9. The van der Waals surface area contributed by atoms with E-state index in [1.807, 2.05) is 60.7 Å². The quantitative estimate of drug-likeness (QED) is 0.0311. The minimum absolute atomic E-state index is 0. The minimum atomic E-state index is -0.204. The summed E-state index contributed by atoms with van der Waals surface area (Å²) in [5, 5.41) is 10.2. The number of fused-ring (bicyclic) bond motifs is 12. The number of unbranched alkanes of at least 4 members (excludes halogenated alkanes) is 3. The molecule has 0 saturated carbocycles. The summed E-state index contributed by atoms with van der Waals surface area (Å²) in [5.74, 6) is 4.06. The summed E-state index contributed by atoms with van der Waals surface area (Å²) >= 11 is 0. The smallest absolute Gasteiger partial charge is 0.203 e. The van der Waals surface area contributed by atoms with Gasteiger partial charge in [0.2, 0.25) is 22.8 Å². The van der Waals surface area contributed by atoms with Crippen molar-refractivity contribution in [3.05, 3.63) is 432 Å². The summed E-state index contributed by atoms with van der Waals surface area (Å²) in [5.41, 5.74) is 24.9. The monoisotopic (exact) mass is 2090 g/mol. The highest BCUT2D eigenvalue weighted by molar-refractivity contribution is 6.12. The van der Waals surface area contributed by atoms with E-state index >= 15 is 0 Å². The molecule has 708 valence electrons. The van der Waals surface area contributed by atoms with Crippen LogP contribution in [-0.2, 0) is 78.8 Å². The summed E-state index contributed by atoms with van der Waals surface area (Å²) in [6, 6.07) is 115. The number of rotatable bonds is 32. The topological polar surface area (TPSA) is 72.2 Å². The van der Waals surface area contributed by atoms with Crippen LogP contribution >= 0.6 is 0 Å². The van der Waals surface area contributed by atoms with Crippen molar-refractivity contribution in [2.45, 2.75) is 186 Å². The van der Waals surface area contributed by atoms with Crippen LogP contribution in [0.4, 0.5) is 4.39 Å². The van der Waals surface area contributed by atoms with E-state index in [1.165, 1.54) is 188 Å². The second-order valence-electron chi connectivity index (χ2n) is 35.9. The van der Waals surface area contributed by atoms with Crippen molar-refractivity contribution in [2.75, 3.05) is 0 Å². The van der Waals surface area contributed by atoms with E-state index in [-0.39, 0.29) is 73.7 Å². The van der Waals surface area contributed by atoms with Crippen molar-refractivity contribution in [2.24, 2.45) is 5.92 Å². The first-order valence-corrected chi connectivity index (χ1v) is 48.1. The van der Waals surface area contributed by atoms with Crippen molar-refractivity contribution in [3.8, 4) is 23.0 Å². The van der Waals surface area contributed by atoms with Gasteiger partial charge in [0.25, 0.3) is 0 Å². The summed E-state index contributed by atoms with van der Waals surface area (Å²) in [6.07, 6.45) is 17.3. The first-order chi connectivity index (χ1) is 65.7. The van der Waals surface area contributed by atoms with Gasteiger partial charge in [0.05, 0.1) is 22.1 Å². The van der Waals surface area contributed by atoms with E-state index < -0.39 is 0 Å². The summed E-state index contributed by atoms with van der Waals surface area (Å²) in [6.45, 7) is 29.8. The Hall–Kier alpha value is -12.5. The van der Waals surface area contributed by atoms with Crippen LogP contribution in [0, 0.1) is 39.4 Å². The average Bonchev–Trinajstić information content (AvgIpc) is 1.60. The lowest BCUT2D eigenvalue weighted by atomic mass is 10.1. The maximum atomic E-state index is 13.3. The van der Waals surface area contributed by atoms with Crippen molar-refractivity contribution in [1.82, 2.24) is 18.3 Å². The Kier molecular flexibility index (Phi) is 37.0. The molecule has 138 heavy (non-hydrogen) atoms. The predicted molar refractivity (Wildman–Crippen MR) is 547 cm³/mol. The molecule has 0 spiro atoms. The van der Waals surface area contributed by atoms with Gasteiger partial charge in [-0.25, -0.2) is 18.1 Å². The lowest BCUT2D eigenvalue weighted by Crippen LogP contribution is -3.00. The second-order valence-corrected chi connectivity index (χ2v) is 35.9. The van der Waals surface area contributed by atoms with Gasteiger partial charge in [-0.1, -0.05) is 260 Å². The number of nitrogens with zero attached hydrogens (tertiary/aromatic N) is 8. The zero-order chi connectivity index (χ0) is 92.2. The Bertz CT molecular complexity index is 7350. The fourth-order valence-electron chi connectivity index (χ4n) is 18.9. The molecule has 0 radical (unpaired) electrons. The largest absolute Gasteiger partial charge is 1.00 e. The van der Waals surface area contributed by atoms with Crippen LogP contribution < -0.4 is 105 Å². The third-order valence-corrected chi connectivity index (χ3v) is 26.0. The molecule has 0 unspecified atom stereocenters. The number of pyridine rings is 4. The van der Waals surface area contributed by atoms with Gasteiger partial charge >= 0.3 is 0 Å². The molecule has 0 atom stereocenters. The molecular weight excluding hydrogens is 1970 g/mol. The second kappa shape index (κ2) is 49.7. The van der Waals surface area contributed by atoms with E-state index in [0.29, 0.717) is 38.9 Å². The molecule has 8 heterocycles. The van der Waals surface area contributed by atoms with Crippen molar-refractivity contribution < 1.29 is 110 Å². The molecule has 0 aliphatic rings. The molecule has 8 aromatic heterocycles. The summed E-state index contributed by atoms with van der Waals surface area (Å²) in [7, 11) is 0. The number of halogens is 5. The molecule has 12 nitrogen and oxygen atoms in total. The molecule has 0 N–H and O–H groups in total. The lowest BCUT2D eigenvalue weighted by Gasteiger charge is -2.11. The first kappa shape index (κ1) is 103. The Balaban J connectivity index is 0.000000154. The zero-order valence-electron chi connectivity index (χ0n) is 80.7. The van der Waals surface area contributed by atoms with Gasteiger partial charge in [-0.05, 0) is 131 Å².